The highest BCUT2D eigenvalue weighted by molar-refractivity contribution is 5.96. The highest BCUT2D eigenvalue weighted by Crippen LogP contribution is 2.39. The summed E-state index contributed by atoms with van der Waals surface area (Å²) >= 11 is 0. The van der Waals surface area contributed by atoms with Gasteiger partial charge >= 0.3 is 0 Å². The topological polar surface area (TPSA) is 146 Å². The van der Waals surface area contributed by atoms with E-state index in [-0.39, 0.29) is 5.56 Å². The number of carbonyl (C=O) groups is 1. The standard InChI is InChI=1S/C18H15N7O2.C7H10N2/c1-9-12(3-11-6-22-25(2)18(27)16(11)23-9)14-4-10-5-15(21-8-26)20-7-13(10)17(19)24-14;1-9-5-7(4-8-9)6-2-3-6/h3-8H,1-2H3,(H2,19,24)(H,20,21,26);4-6H,2-3H2,1H3. The Kier molecular flexibility index (Phi) is 5.88. The van der Waals surface area contributed by atoms with Crippen molar-refractivity contribution >= 4 is 39.7 Å². The number of carbonyl (C=O) groups excluding carboxylic acids is 1. The summed E-state index contributed by atoms with van der Waals surface area (Å²) in [6, 6.07) is 5.38. The summed E-state index contributed by atoms with van der Waals surface area (Å²) < 4.78 is 3.11. The summed E-state index contributed by atoms with van der Waals surface area (Å²) in [5.41, 5.74) is 9.60. The Morgan fingerprint density at radius 2 is 1.86 bits per heavy atom. The van der Waals surface area contributed by atoms with Crippen molar-refractivity contribution in [1.82, 2.24) is 34.5 Å². The van der Waals surface area contributed by atoms with Crippen molar-refractivity contribution in [3.05, 3.63) is 64.6 Å². The van der Waals surface area contributed by atoms with Crippen LogP contribution in [0.3, 0.4) is 0 Å². The predicted molar refractivity (Wildman–Crippen MR) is 137 cm³/mol. The SMILES string of the molecule is Cc1nc2c(=O)n(C)ncc2cc1-c1cc2cc(NC=O)ncc2c(N)n1.Cn1cc(C2CC2)cn1. The van der Waals surface area contributed by atoms with E-state index in [1.807, 2.05) is 37.0 Å². The molecule has 0 atom stereocenters. The maximum absolute atomic E-state index is 12.2. The smallest absolute Gasteiger partial charge is 0.292 e. The lowest BCUT2D eigenvalue weighted by Gasteiger charge is -2.10. The average Bonchev–Trinajstić information content (AvgIpc) is 3.62. The molecule has 1 aliphatic rings. The van der Waals surface area contributed by atoms with Crippen molar-refractivity contribution in [1.29, 1.82) is 0 Å². The molecule has 1 saturated carbocycles. The van der Waals surface area contributed by atoms with E-state index < -0.39 is 0 Å². The third-order valence-electron chi connectivity index (χ3n) is 6.11. The number of aryl methyl sites for hydroxylation is 3. The van der Waals surface area contributed by atoms with Gasteiger partial charge < -0.3 is 11.1 Å². The van der Waals surface area contributed by atoms with E-state index in [0.717, 1.165) is 16.9 Å². The van der Waals surface area contributed by atoms with Gasteiger partial charge in [0.2, 0.25) is 6.41 Å². The Bertz CT molecular complexity index is 1670. The number of aromatic nitrogens is 7. The lowest BCUT2D eigenvalue weighted by atomic mass is 10.1. The van der Waals surface area contributed by atoms with Gasteiger partial charge in [-0.2, -0.15) is 10.2 Å². The first-order chi connectivity index (χ1) is 17.3. The molecule has 0 aliphatic heterocycles. The van der Waals surface area contributed by atoms with E-state index in [2.05, 4.69) is 36.7 Å². The molecule has 3 N–H and O–H groups in total. The third-order valence-corrected chi connectivity index (χ3v) is 6.11. The quantitative estimate of drug-likeness (QED) is 0.371. The molecule has 5 aromatic rings. The number of hydrogen-bond acceptors (Lipinski definition) is 8. The molecule has 11 nitrogen and oxygen atoms in total. The summed E-state index contributed by atoms with van der Waals surface area (Å²) in [7, 11) is 3.54. The van der Waals surface area contributed by atoms with E-state index in [4.69, 9.17) is 5.73 Å². The summed E-state index contributed by atoms with van der Waals surface area (Å²) in [5, 5.41) is 12.7. The Hall–Kier alpha value is -4.67. The van der Waals surface area contributed by atoms with Gasteiger partial charge in [0.1, 0.15) is 17.2 Å². The summed E-state index contributed by atoms with van der Waals surface area (Å²) in [6.45, 7) is 1.81. The molecule has 182 valence electrons. The van der Waals surface area contributed by atoms with Crippen molar-refractivity contribution in [2.45, 2.75) is 25.7 Å². The number of nitrogen functional groups attached to an aromatic ring is 1. The van der Waals surface area contributed by atoms with Crippen LogP contribution in [0.4, 0.5) is 11.6 Å². The lowest BCUT2D eigenvalue weighted by Crippen LogP contribution is -2.20. The lowest BCUT2D eigenvalue weighted by molar-refractivity contribution is -0.105. The maximum Gasteiger partial charge on any atom is 0.292 e. The number of anilines is 2. The van der Waals surface area contributed by atoms with Gasteiger partial charge in [-0.25, -0.2) is 19.6 Å². The summed E-state index contributed by atoms with van der Waals surface area (Å²) in [6.07, 6.45) is 10.5. The Balaban J connectivity index is 0.000000247. The number of hydrogen-bond donors (Lipinski definition) is 2. The van der Waals surface area contributed by atoms with E-state index in [1.165, 1.54) is 23.1 Å². The van der Waals surface area contributed by atoms with Crippen LogP contribution in [0.5, 0.6) is 0 Å². The molecular formula is C25H25N9O2. The molecule has 1 aliphatic carbocycles. The zero-order valence-electron chi connectivity index (χ0n) is 20.1. The van der Waals surface area contributed by atoms with Gasteiger partial charge in [0.15, 0.2) is 0 Å². The molecule has 1 fully saturated rings. The van der Waals surface area contributed by atoms with Crippen molar-refractivity contribution in [3.8, 4) is 11.3 Å². The molecule has 0 bridgehead atoms. The molecule has 6 rings (SSSR count). The van der Waals surface area contributed by atoms with E-state index in [9.17, 15) is 9.59 Å². The fourth-order valence-electron chi connectivity index (χ4n) is 4.02. The molecule has 5 heterocycles. The normalized spacial score (nSPS) is 12.9. The van der Waals surface area contributed by atoms with Gasteiger partial charge in [-0.15, -0.1) is 0 Å². The number of nitrogens with zero attached hydrogens (tertiary/aromatic N) is 7. The van der Waals surface area contributed by atoms with Crippen LogP contribution in [0.1, 0.15) is 30.0 Å². The molecule has 0 radical (unpaired) electrons. The monoisotopic (exact) mass is 483 g/mol. The highest BCUT2D eigenvalue weighted by atomic mass is 16.1. The number of rotatable bonds is 4. The molecule has 0 spiro atoms. The Morgan fingerprint density at radius 1 is 1.06 bits per heavy atom. The second-order valence-corrected chi connectivity index (χ2v) is 8.80. The molecule has 0 unspecified atom stereocenters. The molecule has 36 heavy (non-hydrogen) atoms. The van der Waals surface area contributed by atoms with Crippen LogP contribution in [0.15, 0.2) is 47.8 Å². The second-order valence-electron chi connectivity index (χ2n) is 8.80. The number of pyridine rings is 3. The van der Waals surface area contributed by atoms with E-state index in [0.29, 0.717) is 45.7 Å². The zero-order chi connectivity index (χ0) is 25.4. The molecule has 11 heteroatoms. The van der Waals surface area contributed by atoms with Gasteiger partial charge in [-0.1, -0.05) is 0 Å². The van der Waals surface area contributed by atoms with Crippen LogP contribution in [0, 0.1) is 6.92 Å². The fraction of sp³-hybridized carbons (Fsp3) is 0.240. The maximum atomic E-state index is 12.2. The Labute approximate surface area is 206 Å². The van der Waals surface area contributed by atoms with Crippen LogP contribution < -0.4 is 16.6 Å². The number of amides is 1. The van der Waals surface area contributed by atoms with Crippen molar-refractivity contribution in [2.24, 2.45) is 14.1 Å². The first kappa shape index (κ1) is 23.1. The summed E-state index contributed by atoms with van der Waals surface area (Å²) in [4.78, 5) is 35.9. The van der Waals surface area contributed by atoms with Gasteiger partial charge in [-0.05, 0) is 54.8 Å². The average molecular weight is 484 g/mol. The van der Waals surface area contributed by atoms with E-state index >= 15 is 0 Å². The van der Waals surface area contributed by atoms with Gasteiger partial charge in [-0.3, -0.25) is 14.3 Å². The molecule has 0 aromatic carbocycles. The van der Waals surface area contributed by atoms with Crippen molar-refractivity contribution < 1.29 is 4.79 Å². The third kappa shape index (κ3) is 4.50. The van der Waals surface area contributed by atoms with Gasteiger partial charge in [0.25, 0.3) is 5.56 Å². The van der Waals surface area contributed by atoms with Crippen LogP contribution in [0.2, 0.25) is 0 Å². The van der Waals surface area contributed by atoms with Crippen molar-refractivity contribution in [2.75, 3.05) is 11.1 Å². The minimum Gasteiger partial charge on any atom is -0.383 e. The van der Waals surface area contributed by atoms with Crippen LogP contribution in [-0.2, 0) is 18.9 Å². The molecule has 1 amide bonds. The Morgan fingerprint density at radius 3 is 2.56 bits per heavy atom. The van der Waals surface area contributed by atoms with Crippen LogP contribution >= 0.6 is 0 Å². The largest absolute Gasteiger partial charge is 0.383 e. The number of nitrogens with one attached hydrogen (secondary N) is 1. The van der Waals surface area contributed by atoms with E-state index in [1.54, 1.807) is 25.5 Å². The van der Waals surface area contributed by atoms with Crippen LogP contribution in [-0.4, -0.2) is 40.9 Å². The van der Waals surface area contributed by atoms with Crippen molar-refractivity contribution in [3.63, 3.8) is 0 Å². The molecular weight excluding hydrogens is 458 g/mol. The van der Waals surface area contributed by atoms with Gasteiger partial charge in [0.05, 0.1) is 18.1 Å². The minimum absolute atomic E-state index is 0.260. The number of fused-ring (bicyclic) bond motifs is 2. The summed E-state index contributed by atoms with van der Waals surface area (Å²) in [5.74, 6) is 1.57. The minimum atomic E-state index is -0.260. The fourth-order valence-corrected chi connectivity index (χ4v) is 4.02. The zero-order valence-corrected chi connectivity index (χ0v) is 20.1. The van der Waals surface area contributed by atoms with Gasteiger partial charge in [0, 0.05) is 48.5 Å². The first-order valence-corrected chi connectivity index (χ1v) is 11.4. The highest BCUT2D eigenvalue weighted by Gasteiger charge is 2.24. The number of nitrogens with two attached hydrogens (primary N) is 1. The molecule has 0 saturated heterocycles. The second kappa shape index (κ2) is 9.17. The first-order valence-electron chi connectivity index (χ1n) is 11.4. The molecule has 5 aromatic heterocycles. The predicted octanol–water partition coefficient (Wildman–Crippen LogP) is 2.70. The van der Waals surface area contributed by atoms with Crippen LogP contribution in [0.25, 0.3) is 32.9 Å².